The second-order valence-electron chi connectivity index (χ2n) is 7.29. The second-order valence-corrected chi connectivity index (χ2v) is 9.12. The van der Waals surface area contributed by atoms with Crippen LogP contribution < -0.4 is 9.04 Å². The number of aliphatic hydroxyl groups is 1. The maximum Gasteiger partial charge on any atom is 0.268 e. The van der Waals surface area contributed by atoms with Crippen LogP contribution in [0.4, 0.5) is 5.82 Å². The molecule has 0 aliphatic rings. The van der Waals surface area contributed by atoms with Gasteiger partial charge in [0.2, 0.25) is 0 Å². The molecule has 3 aromatic rings. The summed E-state index contributed by atoms with van der Waals surface area (Å²) in [5.74, 6) is 1.21. The number of ether oxygens (including phenoxy) is 2. The summed E-state index contributed by atoms with van der Waals surface area (Å²) in [6.07, 6.45) is 0.787. The molecule has 0 bridgehead atoms. The van der Waals surface area contributed by atoms with Gasteiger partial charge in [-0.3, -0.25) is 0 Å². The standard InChI is InChI=1S/C23H28N2O6S/c1-5-12-30-21-13-18(14-26)10-11-19(21)20-8-6-7-9-22(20)32(27,28)25(15-29-4)23-16(2)17(3)31-24-23/h6-11,13,26H,5,12,14-15H2,1-4H3. The third-order valence-electron chi connectivity index (χ3n) is 5.05. The maximum absolute atomic E-state index is 13.8. The Morgan fingerprint density at radius 1 is 1.12 bits per heavy atom. The van der Waals surface area contributed by atoms with Gasteiger partial charge in [-0.2, -0.15) is 0 Å². The molecule has 0 aliphatic carbocycles. The molecular weight excluding hydrogens is 432 g/mol. The first kappa shape index (κ1) is 23.8. The first-order chi connectivity index (χ1) is 15.3. The first-order valence-electron chi connectivity index (χ1n) is 10.3. The number of benzene rings is 2. The van der Waals surface area contributed by atoms with Crippen molar-refractivity contribution in [2.24, 2.45) is 0 Å². The number of aryl methyl sites for hydroxylation is 1. The topological polar surface area (TPSA) is 102 Å². The highest BCUT2D eigenvalue weighted by molar-refractivity contribution is 7.93. The molecule has 0 spiro atoms. The Balaban J connectivity index is 2.18. The number of aromatic nitrogens is 1. The molecule has 0 saturated heterocycles. The summed E-state index contributed by atoms with van der Waals surface area (Å²) in [5.41, 5.74) is 2.37. The Morgan fingerprint density at radius 2 is 1.88 bits per heavy atom. The molecule has 172 valence electrons. The van der Waals surface area contributed by atoms with Crippen molar-refractivity contribution in [3.63, 3.8) is 0 Å². The fraction of sp³-hybridized carbons (Fsp3) is 0.348. The van der Waals surface area contributed by atoms with Crippen LogP contribution in [0, 0.1) is 13.8 Å². The summed E-state index contributed by atoms with van der Waals surface area (Å²) in [6.45, 7) is 5.54. The van der Waals surface area contributed by atoms with E-state index in [1.54, 1.807) is 56.3 Å². The average Bonchev–Trinajstić information content (AvgIpc) is 3.13. The molecule has 32 heavy (non-hydrogen) atoms. The normalized spacial score (nSPS) is 11.5. The van der Waals surface area contributed by atoms with Crippen LogP contribution >= 0.6 is 0 Å². The predicted molar refractivity (Wildman–Crippen MR) is 121 cm³/mol. The fourth-order valence-electron chi connectivity index (χ4n) is 3.25. The van der Waals surface area contributed by atoms with Gasteiger partial charge in [0.1, 0.15) is 18.2 Å². The third-order valence-corrected chi connectivity index (χ3v) is 6.82. The molecule has 0 fully saturated rings. The van der Waals surface area contributed by atoms with Crippen molar-refractivity contribution in [2.45, 2.75) is 38.7 Å². The molecule has 0 unspecified atom stereocenters. The van der Waals surface area contributed by atoms with Crippen molar-refractivity contribution in [3.05, 3.63) is 59.4 Å². The second kappa shape index (κ2) is 10.2. The maximum atomic E-state index is 13.8. The molecule has 8 nitrogen and oxygen atoms in total. The number of sulfonamides is 1. The molecule has 1 heterocycles. The monoisotopic (exact) mass is 460 g/mol. The van der Waals surface area contributed by atoms with Gasteiger partial charge in [-0.25, -0.2) is 12.7 Å². The molecule has 1 aromatic heterocycles. The minimum absolute atomic E-state index is 0.0789. The summed E-state index contributed by atoms with van der Waals surface area (Å²) >= 11 is 0. The van der Waals surface area contributed by atoms with Gasteiger partial charge >= 0.3 is 0 Å². The Kier molecular flexibility index (Phi) is 7.55. The molecule has 2 aromatic carbocycles. The third kappa shape index (κ3) is 4.64. The number of anilines is 1. The Labute approximate surface area is 188 Å². The zero-order chi connectivity index (χ0) is 23.3. The summed E-state index contributed by atoms with van der Waals surface area (Å²) in [7, 11) is -2.66. The van der Waals surface area contributed by atoms with Gasteiger partial charge in [-0.15, -0.1) is 0 Å². The highest BCUT2D eigenvalue weighted by Gasteiger charge is 2.32. The van der Waals surface area contributed by atoms with Crippen molar-refractivity contribution < 1.29 is 27.5 Å². The molecule has 9 heteroatoms. The predicted octanol–water partition coefficient (Wildman–Crippen LogP) is 4.04. The fourth-order valence-corrected chi connectivity index (χ4v) is 4.84. The van der Waals surface area contributed by atoms with Crippen molar-refractivity contribution >= 4 is 15.8 Å². The van der Waals surface area contributed by atoms with Crippen LogP contribution in [0.25, 0.3) is 11.1 Å². The largest absolute Gasteiger partial charge is 0.493 e. The Morgan fingerprint density at radius 3 is 2.50 bits per heavy atom. The van der Waals surface area contributed by atoms with Crippen LogP contribution in [0.5, 0.6) is 5.75 Å². The van der Waals surface area contributed by atoms with Crippen molar-refractivity contribution in [3.8, 4) is 16.9 Å². The van der Waals surface area contributed by atoms with Crippen molar-refractivity contribution in [1.29, 1.82) is 0 Å². The van der Waals surface area contributed by atoms with Crippen LogP contribution in [0.15, 0.2) is 51.9 Å². The molecule has 0 amide bonds. The van der Waals surface area contributed by atoms with E-state index in [1.807, 2.05) is 6.92 Å². The van der Waals surface area contributed by atoms with E-state index in [1.165, 1.54) is 7.11 Å². The number of aliphatic hydroxyl groups excluding tert-OH is 1. The van der Waals surface area contributed by atoms with Crippen LogP contribution in [0.3, 0.4) is 0 Å². The van der Waals surface area contributed by atoms with Crippen LogP contribution in [-0.2, 0) is 21.4 Å². The summed E-state index contributed by atoms with van der Waals surface area (Å²) in [4.78, 5) is 0.0789. The van der Waals surface area contributed by atoms with E-state index >= 15 is 0 Å². The van der Waals surface area contributed by atoms with E-state index in [4.69, 9.17) is 14.0 Å². The number of hydrogen-bond acceptors (Lipinski definition) is 7. The first-order valence-corrected chi connectivity index (χ1v) is 11.7. The van der Waals surface area contributed by atoms with Crippen molar-refractivity contribution in [2.75, 3.05) is 24.8 Å². The quantitative estimate of drug-likeness (QED) is 0.456. The van der Waals surface area contributed by atoms with Gasteiger partial charge in [0, 0.05) is 23.8 Å². The van der Waals surface area contributed by atoms with Crippen LogP contribution in [-0.4, -0.2) is 39.1 Å². The van der Waals surface area contributed by atoms with Crippen LogP contribution in [0.1, 0.15) is 30.2 Å². The van der Waals surface area contributed by atoms with E-state index < -0.39 is 10.0 Å². The summed E-state index contributed by atoms with van der Waals surface area (Å²) in [6, 6.07) is 11.9. The SMILES string of the molecule is CCCOc1cc(CO)ccc1-c1ccccc1S(=O)(=O)N(COC)c1noc(C)c1C. The van der Waals surface area contributed by atoms with Gasteiger partial charge in [0.15, 0.2) is 5.82 Å². The van der Waals surface area contributed by atoms with E-state index in [-0.39, 0.29) is 24.1 Å². The zero-order valence-electron chi connectivity index (χ0n) is 18.7. The highest BCUT2D eigenvalue weighted by atomic mass is 32.2. The number of nitrogens with zero attached hydrogens (tertiary/aromatic N) is 2. The van der Waals surface area contributed by atoms with Gasteiger partial charge in [-0.1, -0.05) is 42.4 Å². The minimum Gasteiger partial charge on any atom is -0.493 e. The minimum atomic E-state index is -4.08. The summed E-state index contributed by atoms with van der Waals surface area (Å²) < 4.78 is 45.0. The van der Waals surface area contributed by atoms with Gasteiger partial charge < -0.3 is 19.1 Å². The lowest BCUT2D eigenvalue weighted by Gasteiger charge is -2.23. The molecule has 0 atom stereocenters. The lowest BCUT2D eigenvalue weighted by Crippen LogP contribution is -2.34. The number of methoxy groups -OCH3 is 1. The molecule has 3 rings (SSSR count). The van der Waals surface area contributed by atoms with Gasteiger partial charge in [-0.05, 0) is 38.0 Å². The number of hydrogen-bond donors (Lipinski definition) is 1. The Bertz CT molecular complexity index is 1170. The van der Waals surface area contributed by atoms with Crippen LogP contribution in [0.2, 0.25) is 0 Å². The molecular formula is C23H28N2O6S. The smallest absolute Gasteiger partial charge is 0.268 e. The zero-order valence-corrected chi connectivity index (χ0v) is 19.5. The summed E-state index contributed by atoms with van der Waals surface area (Å²) in [5, 5.41) is 13.5. The van der Waals surface area contributed by atoms with E-state index in [0.29, 0.717) is 40.4 Å². The molecule has 1 N–H and O–H groups in total. The molecule has 0 saturated carbocycles. The lowest BCUT2D eigenvalue weighted by molar-refractivity contribution is 0.208. The van der Waals surface area contributed by atoms with Gasteiger partial charge in [0.25, 0.3) is 10.0 Å². The van der Waals surface area contributed by atoms with E-state index in [2.05, 4.69) is 5.16 Å². The Hall–Kier alpha value is -2.88. The van der Waals surface area contributed by atoms with Crippen molar-refractivity contribution in [1.82, 2.24) is 5.16 Å². The lowest BCUT2D eigenvalue weighted by atomic mass is 10.0. The highest BCUT2D eigenvalue weighted by Crippen LogP contribution is 2.38. The average molecular weight is 461 g/mol. The van der Waals surface area contributed by atoms with E-state index in [9.17, 15) is 13.5 Å². The number of rotatable bonds is 10. The molecule has 0 radical (unpaired) electrons. The van der Waals surface area contributed by atoms with Gasteiger partial charge in [0.05, 0.1) is 18.1 Å². The van der Waals surface area contributed by atoms with E-state index in [0.717, 1.165) is 10.7 Å². The molecule has 0 aliphatic heterocycles.